The van der Waals surface area contributed by atoms with Gasteiger partial charge in [0.1, 0.15) is 0 Å². The number of benzene rings is 1. The molecule has 174 valence electrons. The van der Waals surface area contributed by atoms with Crippen LogP contribution in [0.3, 0.4) is 0 Å². The number of anilines is 1. The van der Waals surface area contributed by atoms with E-state index < -0.39 is 5.97 Å². The largest absolute Gasteiger partial charge is 0.481 e. The normalized spacial score (nSPS) is 15.6. The summed E-state index contributed by atoms with van der Waals surface area (Å²) in [6, 6.07) is 14.4. The fraction of sp³-hybridized carbons (Fsp3) is 0.321. The second kappa shape index (κ2) is 8.60. The molecule has 0 radical (unpaired) electrons. The van der Waals surface area contributed by atoms with Gasteiger partial charge in [0, 0.05) is 42.8 Å². The van der Waals surface area contributed by atoms with E-state index in [9.17, 15) is 9.90 Å². The minimum Gasteiger partial charge on any atom is -0.481 e. The number of piperidine rings is 1. The molecule has 0 spiro atoms. The highest BCUT2D eigenvalue weighted by atomic mass is 16.4. The lowest BCUT2D eigenvalue weighted by molar-refractivity contribution is -0.136. The SMILES string of the molecule is Cc1cn2nc(-c3cccc(-c4cccnc4)c3)cc2c(N2CCC(C)(C)CC2)c1CC(=O)O. The van der Waals surface area contributed by atoms with Gasteiger partial charge < -0.3 is 10.0 Å². The second-order valence-electron chi connectivity index (χ2n) is 10.0. The maximum absolute atomic E-state index is 11.7. The molecule has 6 nitrogen and oxygen atoms in total. The Labute approximate surface area is 199 Å². The Morgan fingerprint density at radius 1 is 1.06 bits per heavy atom. The molecular weight excluding hydrogens is 424 g/mol. The van der Waals surface area contributed by atoms with Crippen molar-refractivity contribution in [1.29, 1.82) is 0 Å². The maximum atomic E-state index is 11.7. The van der Waals surface area contributed by atoms with Crippen molar-refractivity contribution in [3.8, 4) is 22.4 Å². The van der Waals surface area contributed by atoms with E-state index in [-0.39, 0.29) is 6.42 Å². The van der Waals surface area contributed by atoms with Crippen molar-refractivity contribution >= 4 is 17.2 Å². The van der Waals surface area contributed by atoms with Crippen LogP contribution in [0.4, 0.5) is 5.69 Å². The van der Waals surface area contributed by atoms with E-state index >= 15 is 0 Å². The van der Waals surface area contributed by atoms with Crippen LogP contribution in [0.5, 0.6) is 0 Å². The molecule has 0 amide bonds. The summed E-state index contributed by atoms with van der Waals surface area (Å²) in [6.07, 6.45) is 7.76. The summed E-state index contributed by atoms with van der Waals surface area (Å²) in [7, 11) is 0. The fourth-order valence-electron chi connectivity index (χ4n) is 4.87. The Hall–Kier alpha value is -3.67. The summed E-state index contributed by atoms with van der Waals surface area (Å²) in [4.78, 5) is 18.4. The molecular formula is C28H30N4O2. The standard InChI is InChI=1S/C28H30N4O2/c1-19-18-32-25(27(23(19)15-26(33)34)31-12-9-28(2,3)10-13-31)16-24(30-32)21-7-4-6-20(14-21)22-8-5-11-29-17-22/h4-8,11,14,16-18H,9-10,12-13,15H2,1-3H3,(H,33,34). The molecule has 0 saturated carbocycles. The van der Waals surface area contributed by atoms with Gasteiger partial charge in [-0.2, -0.15) is 5.10 Å². The lowest BCUT2D eigenvalue weighted by atomic mass is 9.82. The van der Waals surface area contributed by atoms with Crippen LogP contribution in [-0.2, 0) is 11.2 Å². The number of rotatable bonds is 5. The van der Waals surface area contributed by atoms with Crippen LogP contribution in [0.25, 0.3) is 27.9 Å². The number of aromatic nitrogens is 3. The lowest BCUT2D eigenvalue weighted by Gasteiger charge is -2.39. The van der Waals surface area contributed by atoms with E-state index in [0.717, 1.165) is 70.6 Å². The molecule has 0 aliphatic carbocycles. The zero-order valence-corrected chi connectivity index (χ0v) is 20.0. The Morgan fingerprint density at radius 2 is 1.79 bits per heavy atom. The Balaban J connectivity index is 1.62. The zero-order chi connectivity index (χ0) is 23.9. The van der Waals surface area contributed by atoms with E-state index in [1.807, 2.05) is 42.0 Å². The van der Waals surface area contributed by atoms with E-state index in [1.54, 1.807) is 6.20 Å². The first-order valence-electron chi connectivity index (χ1n) is 11.8. The first-order valence-corrected chi connectivity index (χ1v) is 11.8. The fourth-order valence-corrected chi connectivity index (χ4v) is 4.87. The van der Waals surface area contributed by atoms with Gasteiger partial charge in [-0.25, -0.2) is 4.52 Å². The molecule has 1 saturated heterocycles. The van der Waals surface area contributed by atoms with Gasteiger partial charge in [0.15, 0.2) is 0 Å². The Kier molecular flexibility index (Phi) is 5.60. The quantitative estimate of drug-likeness (QED) is 0.423. The summed E-state index contributed by atoms with van der Waals surface area (Å²) in [5.41, 5.74) is 8.16. The highest BCUT2D eigenvalue weighted by molar-refractivity contribution is 5.85. The zero-order valence-electron chi connectivity index (χ0n) is 20.0. The molecule has 1 N–H and O–H groups in total. The smallest absolute Gasteiger partial charge is 0.307 e. The minimum atomic E-state index is -0.810. The van der Waals surface area contributed by atoms with Gasteiger partial charge in [-0.3, -0.25) is 9.78 Å². The monoisotopic (exact) mass is 454 g/mol. The maximum Gasteiger partial charge on any atom is 0.307 e. The molecule has 34 heavy (non-hydrogen) atoms. The van der Waals surface area contributed by atoms with Crippen molar-refractivity contribution in [2.45, 2.75) is 40.0 Å². The van der Waals surface area contributed by atoms with E-state index in [2.05, 4.69) is 48.0 Å². The number of aliphatic carboxylic acids is 1. The molecule has 1 fully saturated rings. The van der Waals surface area contributed by atoms with Gasteiger partial charge >= 0.3 is 5.97 Å². The topological polar surface area (TPSA) is 70.7 Å². The average molecular weight is 455 g/mol. The van der Waals surface area contributed by atoms with Crippen LogP contribution in [0.2, 0.25) is 0 Å². The number of pyridine rings is 2. The van der Waals surface area contributed by atoms with Crippen molar-refractivity contribution < 1.29 is 9.90 Å². The summed E-state index contributed by atoms with van der Waals surface area (Å²) in [6.45, 7) is 8.42. The number of hydrogen-bond acceptors (Lipinski definition) is 4. The number of carboxylic acid groups (broad SMARTS) is 1. The van der Waals surface area contributed by atoms with Gasteiger partial charge in [-0.15, -0.1) is 0 Å². The van der Waals surface area contributed by atoms with Crippen LogP contribution < -0.4 is 4.90 Å². The van der Waals surface area contributed by atoms with Crippen LogP contribution in [0.15, 0.2) is 61.1 Å². The van der Waals surface area contributed by atoms with Gasteiger partial charge in [0.25, 0.3) is 0 Å². The number of nitrogens with zero attached hydrogens (tertiary/aromatic N) is 4. The molecule has 1 aliphatic heterocycles. The molecule has 3 aromatic heterocycles. The molecule has 0 atom stereocenters. The van der Waals surface area contributed by atoms with Crippen LogP contribution in [0.1, 0.15) is 37.8 Å². The predicted octanol–water partition coefficient (Wildman–Crippen LogP) is 5.63. The van der Waals surface area contributed by atoms with Crippen molar-refractivity contribution in [2.24, 2.45) is 5.41 Å². The number of carboxylic acids is 1. The Bertz CT molecular complexity index is 1350. The number of hydrogen-bond donors (Lipinski definition) is 1. The lowest BCUT2D eigenvalue weighted by Crippen LogP contribution is -2.38. The summed E-state index contributed by atoms with van der Waals surface area (Å²) >= 11 is 0. The van der Waals surface area contributed by atoms with Gasteiger partial charge in [0.2, 0.25) is 0 Å². The molecule has 0 unspecified atom stereocenters. The molecule has 1 aromatic carbocycles. The first-order chi connectivity index (χ1) is 16.3. The number of aryl methyl sites for hydroxylation is 1. The van der Waals surface area contributed by atoms with Crippen LogP contribution in [0, 0.1) is 12.3 Å². The minimum absolute atomic E-state index is 0.00850. The summed E-state index contributed by atoms with van der Waals surface area (Å²) in [5.74, 6) is -0.810. The highest BCUT2D eigenvalue weighted by Crippen LogP contribution is 2.38. The summed E-state index contributed by atoms with van der Waals surface area (Å²) < 4.78 is 1.92. The summed E-state index contributed by atoms with van der Waals surface area (Å²) in [5, 5.41) is 14.6. The third kappa shape index (κ3) is 4.28. The van der Waals surface area contributed by atoms with Gasteiger partial charge in [0.05, 0.1) is 23.3 Å². The first kappa shape index (κ1) is 22.1. The number of carbonyl (C=O) groups is 1. The third-order valence-electron chi connectivity index (χ3n) is 6.97. The van der Waals surface area contributed by atoms with Crippen molar-refractivity contribution in [3.05, 3.63) is 72.2 Å². The van der Waals surface area contributed by atoms with Crippen LogP contribution in [-0.4, -0.2) is 38.8 Å². The van der Waals surface area contributed by atoms with Gasteiger partial charge in [-0.1, -0.05) is 38.1 Å². The number of fused-ring (bicyclic) bond motifs is 1. The molecule has 4 aromatic rings. The van der Waals surface area contributed by atoms with E-state index in [4.69, 9.17) is 5.10 Å². The predicted molar refractivity (Wildman–Crippen MR) is 135 cm³/mol. The average Bonchev–Trinajstić information content (AvgIpc) is 3.24. The highest BCUT2D eigenvalue weighted by Gasteiger charge is 2.29. The molecule has 4 heterocycles. The molecule has 6 heteroatoms. The molecule has 5 rings (SSSR count). The third-order valence-corrected chi connectivity index (χ3v) is 6.97. The van der Waals surface area contributed by atoms with Crippen molar-refractivity contribution in [2.75, 3.05) is 18.0 Å². The van der Waals surface area contributed by atoms with Crippen molar-refractivity contribution in [3.63, 3.8) is 0 Å². The van der Waals surface area contributed by atoms with Crippen LogP contribution >= 0.6 is 0 Å². The van der Waals surface area contributed by atoms with E-state index in [1.165, 1.54) is 0 Å². The molecule has 0 bridgehead atoms. The van der Waals surface area contributed by atoms with Crippen molar-refractivity contribution in [1.82, 2.24) is 14.6 Å². The van der Waals surface area contributed by atoms with E-state index in [0.29, 0.717) is 5.41 Å². The molecule has 1 aliphatic rings. The second-order valence-corrected chi connectivity index (χ2v) is 10.0. The Morgan fingerprint density at radius 3 is 2.50 bits per heavy atom. The van der Waals surface area contributed by atoms with Gasteiger partial charge in [-0.05, 0) is 60.1 Å².